The highest BCUT2D eigenvalue weighted by Gasteiger charge is 2.05. The Morgan fingerprint density at radius 3 is 2.67 bits per heavy atom. The molecule has 0 saturated carbocycles. The summed E-state index contributed by atoms with van der Waals surface area (Å²) in [7, 11) is 0. The van der Waals surface area contributed by atoms with Crippen molar-refractivity contribution in [3.8, 4) is 11.5 Å². The number of halogens is 2. The summed E-state index contributed by atoms with van der Waals surface area (Å²) in [6, 6.07) is 10.1. The molecular formula is C14H13BrFNO. The van der Waals surface area contributed by atoms with Crippen LogP contribution in [0.2, 0.25) is 0 Å². The van der Waals surface area contributed by atoms with Crippen LogP contribution in [0, 0.1) is 12.7 Å². The minimum atomic E-state index is -0.267. The Balaban J connectivity index is 2.30. The van der Waals surface area contributed by atoms with Crippen LogP contribution in [-0.4, -0.2) is 0 Å². The van der Waals surface area contributed by atoms with Gasteiger partial charge in [-0.15, -0.1) is 0 Å². The summed E-state index contributed by atoms with van der Waals surface area (Å²) in [5.41, 5.74) is 7.33. The molecule has 0 heterocycles. The van der Waals surface area contributed by atoms with Gasteiger partial charge in [0, 0.05) is 11.0 Å². The molecule has 18 heavy (non-hydrogen) atoms. The molecule has 2 nitrogen and oxygen atoms in total. The minimum Gasteiger partial charge on any atom is -0.457 e. The molecule has 0 radical (unpaired) electrons. The van der Waals surface area contributed by atoms with Crippen molar-refractivity contribution < 1.29 is 9.13 Å². The Kier molecular flexibility index (Phi) is 3.99. The predicted molar refractivity (Wildman–Crippen MR) is 73.2 cm³/mol. The number of hydrogen-bond acceptors (Lipinski definition) is 2. The van der Waals surface area contributed by atoms with Gasteiger partial charge in [0.25, 0.3) is 0 Å². The zero-order chi connectivity index (χ0) is 13.1. The van der Waals surface area contributed by atoms with Crippen LogP contribution in [-0.2, 0) is 6.54 Å². The standard InChI is InChI=1S/C14H13BrFNO/c1-9-4-12(16)2-3-14(9)18-13-6-10(8-17)5-11(15)7-13/h2-7H,8,17H2,1H3. The summed E-state index contributed by atoms with van der Waals surface area (Å²) in [5.74, 6) is 1.05. The second-order valence-corrected chi connectivity index (χ2v) is 4.93. The van der Waals surface area contributed by atoms with Crippen molar-refractivity contribution in [2.45, 2.75) is 13.5 Å². The van der Waals surface area contributed by atoms with Gasteiger partial charge in [-0.1, -0.05) is 15.9 Å². The molecule has 0 aromatic heterocycles. The average molecular weight is 310 g/mol. The molecule has 0 spiro atoms. The van der Waals surface area contributed by atoms with Crippen molar-refractivity contribution in [1.82, 2.24) is 0 Å². The Morgan fingerprint density at radius 1 is 1.22 bits per heavy atom. The molecule has 0 fully saturated rings. The Labute approximate surface area is 114 Å². The van der Waals surface area contributed by atoms with E-state index in [1.54, 1.807) is 13.0 Å². The first-order valence-electron chi connectivity index (χ1n) is 5.52. The Bertz CT molecular complexity index is 572. The zero-order valence-corrected chi connectivity index (χ0v) is 11.5. The molecule has 0 bridgehead atoms. The molecule has 2 N–H and O–H groups in total. The van der Waals surface area contributed by atoms with Crippen molar-refractivity contribution in [3.05, 3.63) is 57.8 Å². The van der Waals surface area contributed by atoms with Crippen molar-refractivity contribution in [2.24, 2.45) is 5.73 Å². The first-order valence-corrected chi connectivity index (χ1v) is 6.31. The van der Waals surface area contributed by atoms with Crippen LogP contribution in [0.1, 0.15) is 11.1 Å². The molecule has 0 unspecified atom stereocenters. The van der Waals surface area contributed by atoms with E-state index in [4.69, 9.17) is 10.5 Å². The zero-order valence-electron chi connectivity index (χ0n) is 9.91. The molecule has 0 saturated heterocycles. The van der Waals surface area contributed by atoms with Crippen LogP contribution < -0.4 is 10.5 Å². The lowest BCUT2D eigenvalue weighted by Gasteiger charge is -2.10. The molecule has 2 rings (SSSR count). The molecule has 0 amide bonds. The molecular weight excluding hydrogens is 297 g/mol. The van der Waals surface area contributed by atoms with Gasteiger partial charge in [0.1, 0.15) is 17.3 Å². The molecule has 2 aromatic carbocycles. The minimum absolute atomic E-state index is 0.267. The van der Waals surface area contributed by atoms with E-state index in [1.165, 1.54) is 12.1 Å². The molecule has 0 aliphatic rings. The number of hydrogen-bond donors (Lipinski definition) is 1. The van der Waals surface area contributed by atoms with Crippen LogP contribution in [0.5, 0.6) is 11.5 Å². The van der Waals surface area contributed by atoms with Crippen LogP contribution in [0.4, 0.5) is 4.39 Å². The summed E-state index contributed by atoms with van der Waals surface area (Å²) in [5, 5.41) is 0. The molecule has 0 aliphatic carbocycles. The topological polar surface area (TPSA) is 35.2 Å². The maximum atomic E-state index is 13.0. The molecule has 0 atom stereocenters. The number of nitrogens with two attached hydrogens (primary N) is 1. The Morgan fingerprint density at radius 2 is 2.00 bits per heavy atom. The van der Waals surface area contributed by atoms with Crippen molar-refractivity contribution in [1.29, 1.82) is 0 Å². The lowest BCUT2D eigenvalue weighted by molar-refractivity contribution is 0.475. The summed E-state index contributed by atoms with van der Waals surface area (Å²) >= 11 is 3.40. The van der Waals surface area contributed by atoms with Crippen molar-refractivity contribution in [2.75, 3.05) is 0 Å². The average Bonchev–Trinajstić information content (AvgIpc) is 2.32. The van der Waals surface area contributed by atoms with Crippen LogP contribution in [0.3, 0.4) is 0 Å². The number of aryl methyl sites for hydroxylation is 1. The first kappa shape index (κ1) is 13.1. The normalized spacial score (nSPS) is 10.4. The lowest BCUT2D eigenvalue weighted by atomic mass is 10.2. The van der Waals surface area contributed by atoms with Crippen LogP contribution >= 0.6 is 15.9 Å². The van der Waals surface area contributed by atoms with Crippen LogP contribution in [0.25, 0.3) is 0 Å². The van der Waals surface area contributed by atoms with E-state index in [-0.39, 0.29) is 5.82 Å². The monoisotopic (exact) mass is 309 g/mol. The van der Waals surface area contributed by atoms with Gasteiger partial charge in [-0.3, -0.25) is 0 Å². The number of benzene rings is 2. The third kappa shape index (κ3) is 3.09. The SMILES string of the molecule is Cc1cc(F)ccc1Oc1cc(Br)cc(CN)c1. The van der Waals surface area contributed by atoms with Crippen molar-refractivity contribution >= 4 is 15.9 Å². The molecule has 94 valence electrons. The fourth-order valence-corrected chi connectivity index (χ4v) is 2.17. The molecule has 0 aliphatic heterocycles. The van der Waals surface area contributed by atoms with Gasteiger partial charge in [-0.25, -0.2) is 4.39 Å². The highest BCUT2D eigenvalue weighted by Crippen LogP contribution is 2.28. The second-order valence-electron chi connectivity index (χ2n) is 4.01. The van der Waals surface area contributed by atoms with Gasteiger partial charge >= 0.3 is 0 Å². The van der Waals surface area contributed by atoms with Gasteiger partial charge in [-0.05, 0) is 54.4 Å². The summed E-state index contributed by atoms with van der Waals surface area (Å²) in [6.45, 7) is 2.25. The summed E-state index contributed by atoms with van der Waals surface area (Å²) < 4.78 is 19.6. The van der Waals surface area contributed by atoms with E-state index in [0.29, 0.717) is 18.0 Å². The third-order valence-corrected chi connectivity index (χ3v) is 2.99. The Hall–Kier alpha value is -1.39. The van der Waals surface area contributed by atoms with E-state index in [2.05, 4.69) is 15.9 Å². The number of rotatable bonds is 3. The van der Waals surface area contributed by atoms with Gasteiger partial charge < -0.3 is 10.5 Å². The van der Waals surface area contributed by atoms with Gasteiger partial charge in [0.05, 0.1) is 0 Å². The van der Waals surface area contributed by atoms with E-state index in [1.807, 2.05) is 18.2 Å². The second kappa shape index (κ2) is 5.50. The molecule has 4 heteroatoms. The summed E-state index contributed by atoms with van der Waals surface area (Å²) in [6.07, 6.45) is 0. The summed E-state index contributed by atoms with van der Waals surface area (Å²) in [4.78, 5) is 0. The lowest BCUT2D eigenvalue weighted by Crippen LogP contribution is -1.97. The maximum absolute atomic E-state index is 13.0. The van der Waals surface area contributed by atoms with E-state index in [9.17, 15) is 4.39 Å². The van der Waals surface area contributed by atoms with Crippen molar-refractivity contribution in [3.63, 3.8) is 0 Å². The fraction of sp³-hybridized carbons (Fsp3) is 0.143. The van der Waals surface area contributed by atoms with E-state index >= 15 is 0 Å². The van der Waals surface area contributed by atoms with Gasteiger partial charge in [-0.2, -0.15) is 0 Å². The smallest absolute Gasteiger partial charge is 0.130 e. The van der Waals surface area contributed by atoms with E-state index in [0.717, 1.165) is 15.6 Å². The maximum Gasteiger partial charge on any atom is 0.130 e. The predicted octanol–water partition coefficient (Wildman–Crippen LogP) is 4.15. The highest BCUT2D eigenvalue weighted by atomic mass is 79.9. The van der Waals surface area contributed by atoms with Crippen LogP contribution in [0.15, 0.2) is 40.9 Å². The fourth-order valence-electron chi connectivity index (χ4n) is 1.65. The largest absolute Gasteiger partial charge is 0.457 e. The van der Waals surface area contributed by atoms with E-state index < -0.39 is 0 Å². The van der Waals surface area contributed by atoms with Gasteiger partial charge in [0.15, 0.2) is 0 Å². The van der Waals surface area contributed by atoms with Gasteiger partial charge in [0.2, 0.25) is 0 Å². The third-order valence-electron chi connectivity index (χ3n) is 2.53. The first-order chi connectivity index (χ1) is 8.58. The quantitative estimate of drug-likeness (QED) is 0.924. The molecule has 2 aromatic rings. The highest BCUT2D eigenvalue weighted by molar-refractivity contribution is 9.10. The number of ether oxygens (including phenoxy) is 1.